The zero-order valence-electron chi connectivity index (χ0n) is 13.8. The molecule has 0 unspecified atom stereocenters. The second-order valence-corrected chi connectivity index (χ2v) is 6.17. The van der Waals surface area contributed by atoms with Crippen molar-refractivity contribution in [2.75, 3.05) is 26.0 Å². The number of aromatic hydroxyl groups is 1. The summed E-state index contributed by atoms with van der Waals surface area (Å²) in [7, 11) is 3.73. The van der Waals surface area contributed by atoms with Gasteiger partial charge in [-0.25, -0.2) is 4.58 Å². The molecule has 0 spiro atoms. The average molecular weight is 322 g/mol. The minimum Gasteiger partial charge on any atom is -0.504 e. The smallest absolute Gasteiger partial charge is 0.211 e. The van der Waals surface area contributed by atoms with Crippen LogP contribution in [0.4, 0.5) is 11.4 Å². The molecule has 24 heavy (non-hydrogen) atoms. The van der Waals surface area contributed by atoms with Crippen LogP contribution in [0.1, 0.15) is 12.0 Å². The Balaban J connectivity index is 1.69. The lowest BCUT2D eigenvalue weighted by molar-refractivity contribution is 0.414. The van der Waals surface area contributed by atoms with Gasteiger partial charge >= 0.3 is 0 Å². The van der Waals surface area contributed by atoms with Crippen molar-refractivity contribution >= 4 is 23.2 Å². The third-order valence-corrected chi connectivity index (χ3v) is 4.69. The summed E-state index contributed by atoms with van der Waals surface area (Å²) in [5.41, 5.74) is 3.74. The van der Waals surface area contributed by atoms with Crippen LogP contribution < -0.4 is 25.2 Å². The Hall–Kier alpha value is -2.82. The number of hydrogen-bond donors (Lipinski definition) is 2. The van der Waals surface area contributed by atoms with Crippen LogP contribution in [-0.4, -0.2) is 32.0 Å². The van der Waals surface area contributed by atoms with Crippen LogP contribution in [-0.2, 0) is 6.54 Å². The summed E-state index contributed by atoms with van der Waals surface area (Å²) in [5.74, 6) is 1.06. The fourth-order valence-electron chi connectivity index (χ4n) is 3.27. The molecule has 5 nitrogen and oxygen atoms in total. The highest BCUT2D eigenvalue weighted by molar-refractivity contribution is 6.08. The highest BCUT2D eigenvalue weighted by Crippen LogP contribution is 2.32. The van der Waals surface area contributed by atoms with Crippen molar-refractivity contribution in [3.05, 3.63) is 46.5 Å². The van der Waals surface area contributed by atoms with Gasteiger partial charge in [-0.15, -0.1) is 0 Å². The van der Waals surface area contributed by atoms with Crippen LogP contribution in [0.5, 0.6) is 11.5 Å². The number of benzene rings is 2. The first-order chi connectivity index (χ1) is 11.7. The fraction of sp³-hybridized carbons (Fsp3) is 0.263. The van der Waals surface area contributed by atoms with Crippen molar-refractivity contribution in [3.8, 4) is 11.5 Å². The second kappa shape index (κ2) is 5.67. The monoisotopic (exact) mass is 322 g/mol. The van der Waals surface area contributed by atoms with Crippen LogP contribution in [0, 0.1) is 0 Å². The first-order valence-electron chi connectivity index (χ1n) is 8.05. The Morgan fingerprint density at radius 3 is 2.83 bits per heavy atom. The van der Waals surface area contributed by atoms with Crippen molar-refractivity contribution in [2.45, 2.75) is 13.0 Å². The van der Waals surface area contributed by atoms with Crippen molar-refractivity contribution in [1.29, 1.82) is 0 Å². The molecule has 0 aliphatic carbocycles. The molecule has 0 radical (unpaired) electrons. The van der Waals surface area contributed by atoms with Gasteiger partial charge in [-0.3, -0.25) is 4.99 Å². The summed E-state index contributed by atoms with van der Waals surface area (Å²) in [5, 5.41) is 16.1. The maximum Gasteiger partial charge on any atom is 0.211 e. The highest BCUT2D eigenvalue weighted by Gasteiger charge is 2.23. The molecule has 2 aromatic rings. The number of nitrogens with zero attached hydrogens (tertiary/aromatic N) is 2. The number of ether oxygens (including phenoxy) is 1. The molecule has 2 aliphatic heterocycles. The summed E-state index contributed by atoms with van der Waals surface area (Å²) in [6.07, 6.45) is 2.85. The van der Waals surface area contributed by atoms with Crippen molar-refractivity contribution in [1.82, 2.24) is 4.58 Å². The lowest BCUT2D eigenvalue weighted by atomic mass is 10.1. The minimum absolute atomic E-state index is 0.226. The minimum atomic E-state index is 0.226. The van der Waals surface area contributed by atoms with Gasteiger partial charge in [0.15, 0.2) is 5.75 Å². The molecule has 0 fully saturated rings. The van der Waals surface area contributed by atoms with Crippen molar-refractivity contribution in [3.63, 3.8) is 0 Å². The van der Waals surface area contributed by atoms with Crippen LogP contribution in [0.3, 0.4) is 0 Å². The van der Waals surface area contributed by atoms with E-state index in [0.29, 0.717) is 17.9 Å². The first-order valence-corrected chi connectivity index (χ1v) is 8.05. The molecule has 2 heterocycles. The quantitative estimate of drug-likeness (QED) is 0.661. The van der Waals surface area contributed by atoms with E-state index >= 15 is 0 Å². The van der Waals surface area contributed by atoms with Crippen molar-refractivity contribution < 1.29 is 9.84 Å². The molecule has 0 aromatic heterocycles. The number of rotatable bonds is 4. The molecule has 0 saturated carbocycles. The molecule has 4 rings (SSSR count). The molecular formula is C19H20N3O2+. The predicted octanol–water partition coefficient (Wildman–Crippen LogP) is 1.40. The summed E-state index contributed by atoms with van der Waals surface area (Å²) in [6.45, 7) is 1.59. The Morgan fingerprint density at radius 1 is 1.29 bits per heavy atom. The number of phenols is 1. The lowest BCUT2D eigenvalue weighted by Gasteiger charge is -2.12. The average Bonchev–Trinajstić information content (AvgIpc) is 3.04. The van der Waals surface area contributed by atoms with Gasteiger partial charge in [0.05, 0.1) is 18.0 Å². The van der Waals surface area contributed by atoms with E-state index < -0.39 is 0 Å². The third-order valence-electron chi connectivity index (χ3n) is 4.69. The van der Waals surface area contributed by atoms with Gasteiger partial charge in [0.1, 0.15) is 25.0 Å². The standard InChI is InChI=1S/C19H19N3O2/c1-22-8-7-13-11-21-18-17(13)16(22)9-15(19(18)23)20-10-12-3-5-14(24-2)6-4-12/h3-6,9,11H,7-8,10H2,1-2H3,(H,20,21,23)/p+1. The van der Waals surface area contributed by atoms with Gasteiger partial charge < -0.3 is 15.2 Å². The second-order valence-electron chi connectivity index (χ2n) is 6.17. The topological polar surface area (TPSA) is 56.9 Å². The molecule has 0 bridgehead atoms. The van der Waals surface area contributed by atoms with E-state index in [-0.39, 0.29) is 5.75 Å². The predicted molar refractivity (Wildman–Crippen MR) is 95.9 cm³/mol. The maximum absolute atomic E-state index is 10.6. The Morgan fingerprint density at radius 2 is 2.08 bits per heavy atom. The van der Waals surface area contributed by atoms with Crippen LogP contribution in [0.2, 0.25) is 0 Å². The van der Waals surface area contributed by atoms with Gasteiger partial charge in [0, 0.05) is 25.2 Å². The Kier molecular flexibility index (Phi) is 3.49. The summed E-state index contributed by atoms with van der Waals surface area (Å²) in [6, 6.07) is 9.91. The van der Waals surface area contributed by atoms with Gasteiger partial charge in [0.2, 0.25) is 5.36 Å². The molecule has 0 atom stereocenters. The van der Waals surface area contributed by atoms with Crippen LogP contribution >= 0.6 is 0 Å². The normalized spacial score (nSPS) is 14.8. The van der Waals surface area contributed by atoms with Gasteiger partial charge in [0.25, 0.3) is 0 Å². The molecule has 0 amide bonds. The number of anilines is 1. The molecule has 5 heteroatoms. The van der Waals surface area contributed by atoms with E-state index in [2.05, 4.69) is 21.9 Å². The van der Waals surface area contributed by atoms with Gasteiger partial charge in [-0.2, -0.15) is 0 Å². The van der Waals surface area contributed by atoms with E-state index in [9.17, 15) is 5.11 Å². The zero-order chi connectivity index (χ0) is 16.7. The SMILES string of the molecule is COc1ccc(CNc2cc3c4c(c2O)N=CC=4CC[N+]=3C)cc1. The summed E-state index contributed by atoms with van der Waals surface area (Å²) in [4.78, 5) is 4.43. The van der Waals surface area contributed by atoms with Crippen LogP contribution in [0.25, 0.3) is 5.57 Å². The number of phenolic OH excluding ortho intramolecular Hbond substituents is 1. The number of methoxy groups -OCH3 is 1. The van der Waals surface area contributed by atoms with Crippen molar-refractivity contribution in [2.24, 2.45) is 4.99 Å². The highest BCUT2D eigenvalue weighted by atomic mass is 16.5. The number of aliphatic imine (C=N–C) groups is 1. The summed E-state index contributed by atoms with van der Waals surface area (Å²) < 4.78 is 7.39. The van der Waals surface area contributed by atoms with E-state index in [0.717, 1.165) is 34.9 Å². The van der Waals surface area contributed by atoms with E-state index in [1.165, 1.54) is 5.57 Å². The first kappa shape index (κ1) is 14.8. The zero-order valence-corrected chi connectivity index (χ0v) is 13.8. The van der Waals surface area contributed by atoms with E-state index in [1.54, 1.807) is 7.11 Å². The Labute approximate surface area is 140 Å². The van der Waals surface area contributed by atoms with Gasteiger partial charge in [-0.1, -0.05) is 12.1 Å². The van der Waals surface area contributed by atoms with E-state index in [1.807, 2.05) is 36.5 Å². The van der Waals surface area contributed by atoms with E-state index in [4.69, 9.17) is 4.74 Å². The maximum atomic E-state index is 10.6. The largest absolute Gasteiger partial charge is 0.504 e. The Bertz CT molecular complexity index is 960. The molecule has 2 aromatic carbocycles. The van der Waals surface area contributed by atoms with Gasteiger partial charge in [-0.05, 0) is 23.3 Å². The molecule has 122 valence electrons. The number of nitrogens with one attached hydrogen (secondary N) is 1. The molecule has 2 N–H and O–H groups in total. The molecular weight excluding hydrogens is 302 g/mol. The third kappa shape index (κ3) is 2.33. The molecule has 2 aliphatic rings. The molecule has 0 saturated heterocycles. The lowest BCUT2D eigenvalue weighted by Crippen LogP contribution is -2.43. The van der Waals surface area contributed by atoms with Crippen LogP contribution in [0.15, 0.2) is 35.3 Å². The number of hydrogen-bond acceptors (Lipinski definition) is 4. The summed E-state index contributed by atoms with van der Waals surface area (Å²) >= 11 is 0. The fourth-order valence-corrected chi connectivity index (χ4v) is 3.27.